The average Bonchev–Trinajstić information content (AvgIpc) is 2.77. The molecule has 4 N–H and O–H groups in total. The van der Waals surface area contributed by atoms with E-state index < -0.39 is 5.91 Å². The van der Waals surface area contributed by atoms with E-state index in [1.807, 2.05) is 38.1 Å². The molecule has 2 aromatic heterocycles. The van der Waals surface area contributed by atoms with Crippen molar-refractivity contribution in [2.24, 2.45) is 11.7 Å². The van der Waals surface area contributed by atoms with E-state index in [0.29, 0.717) is 41.3 Å². The smallest absolute Gasteiger partial charge is 0.293 e. The number of anilines is 3. The average molecular weight is 443 g/mol. The minimum absolute atomic E-state index is 0.0810. The molecular formula is C23H34N6O3. The van der Waals surface area contributed by atoms with Crippen LogP contribution in [-0.4, -0.2) is 59.5 Å². The maximum Gasteiger partial charge on any atom is 0.293 e. The second-order valence-corrected chi connectivity index (χ2v) is 8.05. The molecule has 0 bridgehead atoms. The van der Waals surface area contributed by atoms with Crippen molar-refractivity contribution in [3.8, 4) is 0 Å². The van der Waals surface area contributed by atoms with Crippen LogP contribution >= 0.6 is 0 Å². The molecule has 1 aliphatic rings. The number of likely N-dealkylation sites (tertiary alicyclic amines) is 1. The number of nitrogens with one attached hydrogen (secondary N) is 2. The highest BCUT2D eigenvalue weighted by atomic mass is 16.5. The maximum absolute atomic E-state index is 11.8. The highest BCUT2D eigenvalue weighted by Gasteiger charge is 2.25. The van der Waals surface area contributed by atoms with E-state index in [1.54, 1.807) is 6.20 Å². The molecule has 1 saturated heterocycles. The van der Waals surface area contributed by atoms with Gasteiger partial charge in [-0.25, -0.2) is 9.97 Å². The summed E-state index contributed by atoms with van der Waals surface area (Å²) in [4.78, 5) is 32.1. The Morgan fingerprint density at radius 1 is 1.38 bits per heavy atom. The van der Waals surface area contributed by atoms with Gasteiger partial charge in [0, 0.05) is 31.0 Å². The highest BCUT2D eigenvalue weighted by Crippen LogP contribution is 2.25. The minimum atomic E-state index is -0.486. The lowest BCUT2D eigenvalue weighted by Gasteiger charge is -2.36. The third kappa shape index (κ3) is 7.81. The molecule has 174 valence electrons. The number of carbonyl (C=O) groups is 2. The standard InChI is InChI=1S/C18H24N6O.C5H10O2/c1-12-11-24(2)8-6-14(12)22-15-9-17(21-10-13(15)18(19)25)23-16-5-3-4-7-20-16;1-3-5(2)7-4-6/h3-5,7,9-10,12,14H,6,8,11H2,1-2H3,(H2,19,25)(H2,20,21,22,23);4-5H,3H2,1-2H3. The molecule has 3 unspecified atom stereocenters. The molecule has 0 radical (unpaired) electrons. The van der Waals surface area contributed by atoms with Crippen LogP contribution in [0, 0.1) is 5.92 Å². The van der Waals surface area contributed by atoms with Crippen LogP contribution in [0.2, 0.25) is 0 Å². The Morgan fingerprint density at radius 3 is 2.72 bits per heavy atom. The molecule has 0 saturated carbocycles. The van der Waals surface area contributed by atoms with Gasteiger partial charge < -0.3 is 26.0 Å². The van der Waals surface area contributed by atoms with Crippen molar-refractivity contribution in [3.63, 3.8) is 0 Å². The fraction of sp³-hybridized carbons (Fsp3) is 0.478. The van der Waals surface area contributed by atoms with Gasteiger partial charge in [-0.3, -0.25) is 9.59 Å². The maximum atomic E-state index is 11.8. The first kappa shape index (κ1) is 25.1. The lowest BCUT2D eigenvalue weighted by Crippen LogP contribution is -2.43. The van der Waals surface area contributed by atoms with Gasteiger partial charge in [0.2, 0.25) is 0 Å². The van der Waals surface area contributed by atoms with Crippen molar-refractivity contribution < 1.29 is 14.3 Å². The second-order valence-electron chi connectivity index (χ2n) is 8.05. The molecule has 9 nitrogen and oxygen atoms in total. The lowest BCUT2D eigenvalue weighted by molar-refractivity contribution is -0.132. The summed E-state index contributed by atoms with van der Waals surface area (Å²) >= 11 is 0. The monoisotopic (exact) mass is 442 g/mol. The van der Waals surface area contributed by atoms with Crippen LogP contribution in [-0.2, 0) is 9.53 Å². The first-order chi connectivity index (χ1) is 15.3. The molecule has 9 heteroatoms. The van der Waals surface area contributed by atoms with Crippen LogP contribution in [0.25, 0.3) is 0 Å². The number of hydrogen-bond acceptors (Lipinski definition) is 8. The summed E-state index contributed by atoms with van der Waals surface area (Å²) in [6.45, 7) is 8.56. The Kier molecular flexibility index (Phi) is 9.87. The first-order valence-corrected chi connectivity index (χ1v) is 10.9. The molecule has 1 fully saturated rings. The number of pyridine rings is 2. The molecule has 3 rings (SSSR count). The van der Waals surface area contributed by atoms with Crippen LogP contribution in [0.5, 0.6) is 0 Å². The first-order valence-electron chi connectivity index (χ1n) is 10.9. The summed E-state index contributed by atoms with van der Waals surface area (Å²) in [5.74, 6) is 1.30. The van der Waals surface area contributed by atoms with Gasteiger partial charge in [0.15, 0.2) is 0 Å². The summed E-state index contributed by atoms with van der Waals surface area (Å²) in [5, 5.41) is 6.64. The zero-order valence-corrected chi connectivity index (χ0v) is 19.2. The van der Waals surface area contributed by atoms with E-state index in [2.05, 4.69) is 44.2 Å². The number of amides is 1. The number of piperidine rings is 1. The van der Waals surface area contributed by atoms with Gasteiger partial charge >= 0.3 is 0 Å². The number of nitrogens with two attached hydrogens (primary N) is 1. The van der Waals surface area contributed by atoms with Crippen LogP contribution in [0.15, 0.2) is 36.7 Å². The SMILES string of the molecule is CC1CN(C)CCC1Nc1cc(Nc2ccccn2)ncc1C(N)=O.CCC(C)OC=O. The fourth-order valence-corrected chi connectivity index (χ4v) is 3.37. The Labute approximate surface area is 189 Å². The van der Waals surface area contributed by atoms with Gasteiger partial charge in [-0.15, -0.1) is 0 Å². The minimum Gasteiger partial charge on any atom is -0.465 e. The summed E-state index contributed by atoms with van der Waals surface area (Å²) in [5.41, 5.74) is 6.63. The van der Waals surface area contributed by atoms with Gasteiger partial charge in [-0.1, -0.05) is 19.9 Å². The van der Waals surface area contributed by atoms with E-state index >= 15 is 0 Å². The Morgan fingerprint density at radius 2 is 2.16 bits per heavy atom. The molecular weight excluding hydrogens is 408 g/mol. The van der Waals surface area contributed by atoms with Gasteiger partial charge in [-0.2, -0.15) is 0 Å². The van der Waals surface area contributed by atoms with Gasteiger partial charge in [0.25, 0.3) is 12.4 Å². The van der Waals surface area contributed by atoms with Gasteiger partial charge in [0.05, 0.1) is 17.4 Å². The number of ether oxygens (including phenoxy) is 1. The Hall–Kier alpha value is -3.20. The molecule has 0 spiro atoms. The quantitative estimate of drug-likeness (QED) is 0.533. The molecule has 1 amide bonds. The second kappa shape index (κ2) is 12.6. The van der Waals surface area contributed by atoms with Crippen molar-refractivity contribution >= 4 is 29.7 Å². The summed E-state index contributed by atoms with van der Waals surface area (Å²) < 4.78 is 4.51. The molecule has 0 aromatic carbocycles. The Bertz CT molecular complexity index is 864. The molecule has 0 aliphatic carbocycles. The predicted octanol–water partition coefficient (Wildman–Crippen LogP) is 3.03. The Balaban J connectivity index is 0.000000451. The topological polar surface area (TPSA) is 122 Å². The van der Waals surface area contributed by atoms with Crippen molar-refractivity contribution in [3.05, 3.63) is 42.2 Å². The van der Waals surface area contributed by atoms with Crippen LogP contribution in [0.4, 0.5) is 17.3 Å². The number of carbonyl (C=O) groups excluding carboxylic acids is 2. The largest absolute Gasteiger partial charge is 0.465 e. The van der Waals surface area contributed by atoms with Crippen LogP contribution < -0.4 is 16.4 Å². The summed E-state index contributed by atoms with van der Waals surface area (Å²) in [6, 6.07) is 7.71. The predicted molar refractivity (Wildman–Crippen MR) is 126 cm³/mol. The number of rotatable bonds is 8. The number of nitrogens with zero attached hydrogens (tertiary/aromatic N) is 3. The summed E-state index contributed by atoms with van der Waals surface area (Å²) in [6.07, 6.45) is 5.20. The zero-order valence-electron chi connectivity index (χ0n) is 19.2. The van der Waals surface area contributed by atoms with E-state index in [1.165, 1.54) is 6.20 Å². The third-order valence-corrected chi connectivity index (χ3v) is 5.40. The highest BCUT2D eigenvalue weighted by molar-refractivity contribution is 5.98. The van der Waals surface area contributed by atoms with Crippen molar-refractivity contribution in [1.82, 2.24) is 14.9 Å². The molecule has 1 aliphatic heterocycles. The van der Waals surface area contributed by atoms with Crippen LogP contribution in [0.3, 0.4) is 0 Å². The summed E-state index contributed by atoms with van der Waals surface area (Å²) in [7, 11) is 2.13. The molecule has 3 heterocycles. The van der Waals surface area contributed by atoms with E-state index in [4.69, 9.17) is 5.73 Å². The molecule has 3 atom stereocenters. The fourth-order valence-electron chi connectivity index (χ4n) is 3.37. The number of primary amides is 1. The van der Waals surface area contributed by atoms with Crippen LogP contribution in [0.1, 0.15) is 44.0 Å². The lowest BCUT2D eigenvalue weighted by atomic mass is 9.93. The van der Waals surface area contributed by atoms with E-state index in [9.17, 15) is 9.59 Å². The number of aromatic nitrogens is 2. The number of hydrogen-bond donors (Lipinski definition) is 3. The van der Waals surface area contributed by atoms with Gasteiger partial charge in [-0.05, 0) is 51.4 Å². The van der Waals surface area contributed by atoms with Gasteiger partial charge in [0.1, 0.15) is 11.6 Å². The van der Waals surface area contributed by atoms with Crippen molar-refractivity contribution in [2.45, 2.75) is 45.8 Å². The molecule has 2 aromatic rings. The zero-order chi connectivity index (χ0) is 23.5. The van der Waals surface area contributed by atoms with Crippen molar-refractivity contribution in [2.75, 3.05) is 30.8 Å². The molecule has 32 heavy (non-hydrogen) atoms. The van der Waals surface area contributed by atoms with E-state index in [-0.39, 0.29) is 6.10 Å². The normalized spacial score (nSPS) is 19.1. The van der Waals surface area contributed by atoms with E-state index in [0.717, 1.165) is 25.9 Å². The third-order valence-electron chi connectivity index (χ3n) is 5.40. The van der Waals surface area contributed by atoms with Crippen molar-refractivity contribution in [1.29, 1.82) is 0 Å².